The van der Waals surface area contributed by atoms with Crippen LogP contribution >= 0.6 is 0 Å². The SMILES string of the molecule is CCOc1ccc(CC(C(=O)O)c2ccc(C)cc2)cc1OC. The first-order valence-electron chi connectivity index (χ1n) is 7.64. The fraction of sp³-hybridized carbons (Fsp3) is 0.316. The van der Waals surface area contributed by atoms with Crippen molar-refractivity contribution in [2.24, 2.45) is 0 Å². The maximum Gasteiger partial charge on any atom is 0.311 e. The molecule has 23 heavy (non-hydrogen) atoms. The lowest BCUT2D eigenvalue weighted by Crippen LogP contribution is -2.14. The Hall–Kier alpha value is -2.49. The monoisotopic (exact) mass is 314 g/mol. The highest BCUT2D eigenvalue weighted by Gasteiger charge is 2.21. The molecule has 0 heterocycles. The highest BCUT2D eigenvalue weighted by atomic mass is 16.5. The van der Waals surface area contributed by atoms with Gasteiger partial charge in [-0.25, -0.2) is 0 Å². The van der Waals surface area contributed by atoms with Crippen molar-refractivity contribution in [2.75, 3.05) is 13.7 Å². The van der Waals surface area contributed by atoms with Crippen LogP contribution in [0.25, 0.3) is 0 Å². The van der Waals surface area contributed by atoms with Crippen molar-refractivity contribution in [3.8, 4) is 11.5 Å². The molecule has 4 nitrogen and oxygen atoms in total. The zero-order valence-electron chi connectivity index (χ0n) is 13.7. The molecule has 0 radical (unpaired) electrons. The van der Waals surface area contributed by atoms with Crippen LogP contribution in [-0.4, -0.2) is 24.8 Å². The number of methoxy groups -OCH3 is 1. The molecule has 0 aliphatic carbocycles. The third kappa shape index (κ3) is 4.25. The second-order valence-corrected chi connectivity index (χ2v) is 5.42. The Morgan fingerprint density at radius 1 is 1.13 bits per heavy atom. The zero-order chi connectivity index (χ0) is 16.8. The predicted molar refractivity (Wildman–Crippen MR) is 89.4 cm³/mol. The van der Waals surface area contributed by atoms with Crippen LogP contribution in [0.3, 0.4) is 0 Å². The molecule has 1 unspecified atom stereocenters. The van der Waals surface area contributed by atoms with Crippen LogP contribution in [0, 0.1) is 6.92 Å². The van der Waals surface area contributed by atoms with Gasteiger partial charge in [-0.2, -0.15) is 0 Å². The van der Waals surface area contributed by atoms with Crippen LogP contribution in [0.15, 0.2) is 42.5 Å². The molecule has 0 bridgehead atoms. The van der Waals surface area contributed by atoms with Crippen molar-refractivity contribution in [2.45, 2.75) is 26.2 Å². The van der Waals surface area contributed by atoms with Crippen molar-refractivity contribution in [1.82, 2.24) is 0 Å². The molecule has 1 N–H and O–H groups in total. The largest absolute Gasteiger partial charge is 0.493 e. The minimum atomic E-state index is -0.832. The summed E-state index contributed by atoms with van der Waals surface area (Å²) < 4.78 is 10.8. The van der Waals surface area contributed by atoms with E-state index in [1.807, 2.05) is 56.3 Å². The molecule has 0 saturated heterocycles. The summed E-state index contributed by atoms with van der Waals surface area (Å²) in [6, 6.07) is 13.2. The number of aliphatic carboxylic acids is 1. The van der Waals surface area contributed by atoms with Crippen LogP contribution in [0.4, 0.5) is 0 Å². The van der Waals surface area contributed by atoms with E-state index in [1.165, 1.54) is 0 Å². The Morgan fingerprint density at radius 3 is 2.39 bits per heavy atom. The van der Waals surface area contributed by atoms with Gasteiger partial charge in [0.15, 0.2) is 11.5 Å². The number of ether oxygens (including phenoxy) is 2. The molecular weight excluding hydrogens is 292 g/mol. The highest BCUT2D eigenvalue weighted by molar-refractivity contribution is 5.76. The second kappa shape index (κ2) is 7.68. The van der Waals surface area contributed by atoms with Crippen molar-refractivity contribution < 1.29 is 19.4 Å². The zero-order valence-corrected chi connectivity index (χ0v) is 13.7. The fourth-order valence-electron chi connectivity index (χ4n) is 2.50. The minimum Gasteiger partial charge on any atom is -0.493 e. The van der Waals surface area contributed by atoms with E-state index in [-0.39, 0.29) is 0 Å². The Balaban J connectivity index is 2.26. The molecule has 1 atom stereocenters. The van der Waals surface area contributed by atoms with Gasteiger partial charge in [0.1, 0.15) is 0 Å². The van der Waals surface area contributed by atoms with E-state index in [0.29, 0.717) is 24.5 Å². The van der Waals surface area contributed by atoms with Gasteiger partial charge >= 0.3 is 5.97 Å². The molecule has 2 aromatic rings. The first kappa shape index (κ1) is 16.9. The van der Waals surface area contributed by atoms with Gasteiger partial charge in [-0.05, 0) is 43.5 Å². The Kier molecular flexibility index (Phi) is 5.63. The molecule has 0 fully saturated rings. The van der Waals surface area contributed by atoms with Gasteiger partial charge in [-0.3, -0.25) is 4.79 Å². The number of carboxylic acids is 1. The number of carboxylic acid groups (broad SMARTS) is 1. The van der Waals surface area contributed by atoms with Crippen molar-refractivity contribution in [1.29, 1.82) is 0 Å². The van der Waals surface area contributed by atoms with E-state index in [9.17, 15) is 9.90 Å². The van der Waals surface area contributed by atoms with Gasteiger partial charge < -0.3 is 14.6 Å². The van der Waals surface area contributed by atoms with Crippen molar-refractivity contribution >= 4 is 5.97 Å². The second-order valence-electron chi connectivity index (χ2n) is 5.42. The maximum atomic E-state index is 11.7. The molecule has 2 aromatic carbocycles. The number of carbonyl (C=O) groups is 1. The Labute approximate surface area is 136 Å². The number of aryl methyl sites for hydroxylation is 1. The lowest BCUT2D eigenvalue weighted by atomic mass is 9.91. The molecule has 0 aromatic heterocycles. The fourth-order valence-corrected chi connectivity index (χ4v) is 2.50. The molecule has 4 heteroatoms. The smallest absolute Gasteiger partial charge is 0.311 e. The predicted octanol–water partition coefficient (Wildman–Crippen LogP) is 3.81. The molecular formula is C19H22O4. The lowest BCUT2D eigenvalue weighted by Gasteiger charge is -2.15. The third-order valence-electron chi connectivity index (χ3n) is 3.75. The molecule has 122 valence electrons. The third-order valence-corrected chi connectivity index (χ3v) is 3.75. The van der Waals surface area contributed by atoms with E-state index in [0.717, 1.165) is 16.7 Å². The summed E-state index contributed by atoms with van der Waals surface area (Å²) in [6.45, 7) is 4.44. The number of rotatable bonds is 7. The molecule has 0 saturated carbocycles. The minimum absolute atomic E-state index is 0.404. The molecule has 0 aliphatic heterocycles. The first-order valence-corrected chi connectivity index (χ1v) is 7.64. The Morgan fingerprint density at radius 2 is 1.83 bits per heavy atom. The van der Waals surface area contributed by atoms with Crippen LogP contribution in [-0.2, 0) is 11.2 Å². The van der Waals surface area contributed by atoms with Crippen LogP contribution in [0.1, 0.15) is 29.5 Å². The molecule has 2 rings (SSSR count). The summed E-state index contributed by atoms with van der Waals surface area (Å²) in [5, 5.41) is 9.57. The molecule has 0 spiro atoms. The standard InChI is InChI=1S/C19H22O4/c1-4-23-17-10-7-14(12-18(17)22-3)11-16(19(20)21)15-8-5-13(2)6-9-15/h5-10,12,16H,4,11H2,1-3H3,(H,20,21). The number of benzene rings is 2. The van der Waals surface area contributed by atoms with Gasteiger partial charge in [0.25, 0.3) is 0 Å². The van der Waals surface area contributed by atoms with Gasteiger partial charge in [-0.15, -0.1) is 0 Å². The van der Waals surface area contributed by atoms with Crippen molar-refractivity contribution in [3.63, 3.8) is 0 Å². The lowest BCUT2D eigenvalue weighted by molar-refractivity contribution is -0.138. The van der Waals surface area contributed by atoms with Crippen molar-refractivity contribution in [3.05, 3.63) is 59.2 Å². The molecule has 0 amide bonds. The Bertz CT molecular complexity index is 662. The summed E-state index contributed by atoms with van der Waals surface area (Å²) in [4.78, 5) is 11.7. The number of hydrogen-bond acceptors (Lipinski definition) is 3. The quantitative estimate of drug-likeness (QED) is 0.844. The molecule has 0 aliphatic rings. The van der Waals surface area contributed by atoms with Crippen LogP contribution < -0.4 is 9.47 Å². The van der Waals surface area contributed by atoms with E-state index in [2.05, 4.69) is 0 Å². The van der Waals surface area contributed by atoms with Gasteiger partial charge in [0, 0.05) is 0 Å². The van der Waals surface area contributed by atoms with E-state index in [1.54, 1.807) is 7.11 Å². The summed E-state index contributed by atoms with van der Waals surface area (Å²) in [5.41, 5.74) is 2.81. The summed E-state index contributed by atoms with van der Waals surface area (Å²) in [7, 11) is 1.58. The van der Waals surface area contributed by atoms with E-state index in [4.69, 9.17) is 9.47 Å². The van der Waals surface area contributed by atoms with E-state index < -0.39 is 11.9 Å². The van der Waals surface area contributed by atoms with Crippen LogP contribution in [0.2, 0.25) is 0 Å². The topological polar surface area (TPSA) is 55.8 Å². The number of hydrogen-bond donors (Lipinski definition) is 1. The van der Waals surface area contributed by atoms with Crippen LogP contribution in [0.5, 0.6) is 11.5 Å². The maximum absolute atomic E-state index is 11.7. The highest BCUT2D eigenvalue weighted by Crippen LogP contribution is 2.30. The van der Waals surface area contributed by atoms with E-state index >= 15 is 0 Å². The van der Waals surface area contributed by atoms with Gasteiger partial charge in [-0.1, -0.05) is 35.9 Å². The average molecular weight is 314 g/mol. The van der Waals surface area contributed by atoms with Gasteiger partial charge in [0.2, 0.25) is 0 Å². The van der Waals surface area contributed by atoms with Gasteiger partial charge in [0.05, 0.1) is 19.6 Å². The average Bonchev–Trinajstić information content (AvgIpc) is 2.54. The summed E-state index contributed by atoms with van der Waals surface area (Å²) in [6.07, 6.45) is 0.404. The normalized spacial score (nSPS) is 11.8. The summed E-state index contributed by atoms with van der Waals surface area (Å²) >= 11 is 0. The summed E-state index contributed by atoms with van der Waals surface area (Å²) in [5.74, 6) is -0.127. The first-order chi connectivity index (χ1) is 11.0.